The summed E-state index contributed by atoms with van der Waals surface area (Å²) in [6.07, 6.45) is 1.58. The van der Waals surface area contributed by atoms with Crippen molar-refractivity contribution >= 4 is 26.2 Å². The fraction of sp³-hybridized carbons (Fsp3) is 0.286. The number of benzene rings is 2. The quantitative estimate of drug-likeness (QED) is 0.568. The molecule has 0 aliphatic heterocycles. The number of fused-ring (bicyclic) bond motifs is 1. The van der Waals surface area contributed by atoms with Crippen LogP contribution in [0.25, 0.3) is 28.6 Å². The molecule has 0 unspecified atom stereocenters. The van der Waals surface area contributed by atoms with Crippen molar-refractivity contribution in [2.45, 2.75) is 39.3 Å². The molecule has 0 saturated heterocycles. The topological polar surface area (TPSA) is 55.5 Å². The molecule has 0 fully saturated rings. The lowest BCUT2D eigenvalue weighted by atomic mass is 9.86. The number of halogens is 1. The largest absolute Gasteiger partial charge is 0.540 e. The number of phenolic OH excluding ortho intramolecular Hbond substituents is 1. The van der Waals surface area contributed by atoms with E-state index in [4.69, 9.17) is 8.84 Å². The molecule has 141 valence electrons. The van der Waals surface area contributed by atoms with Gasteiger partial charge in [-0.05, 0) is 36.2 Å². The molecule has 0 saturated carbocycles. The molecule has 0 aliphatic carbocycles. The molecule has 0 aliphatic rings. The number of hydrogen-bond acceptors (Lipinski definition) is 4. The average Bonchev–Trinajstić information content (AvgIpc) is 2.97. The number of hydrogen-bond donors (Lipinski definition) is 1. The van der Waals surface area contributed by atoms with Crippen LogP contribution >= 0.6 is 0 Å². The molecule has 3 rings (SSSR count). The summed E-state index contributed by atoms with van der Waals surface area (Å²) >= 11 is 0. The summed E-state index contributed by atoms with van der Waals surface area (Å²) in [4.78, 5) is 4.44. The lowest BCUT2D eigenvalue weighted by Crippen LogP contribution is -2.18. The summed E-state index contributed by atoms with van der Waals surface area (Å²) in [7, 11) is -1.21. The van der Waals surface area contributed by atoms with Gasteiger partial charge >= 0.3 is 0 Å². The molecular weight excluding hydrogens is 361 g/mol. The first-order valence-electron chi connectivity index (χ1n) is 8.69. The van der Waals surface area contributed by atoms with Crippen LogP contribution in [0.15, 0.2) is 35.3 Å². The Kier molecular flexibility index (Phi) is 4.86. The minimum Gasteiger partial charge on any atom is -0.540 e. The number of phenols is 1. The van der Waals surface area contributed by atoms with Gasteiger partial charge in [-0.2, -0.15) is 0 Å². The second-order valence-corrected chi connectivity index (χ2v) is 9.69. The summed E-state index contributed by atoms with van der Waals surface area (Å²) in [5.74, 6) is 0.0874. The monoisotopic (exact) mass is 384 g/mol. The Hall–Kier alpha value is -2.60. The number of oxazole rings is 1. The Morgan fingerprint density at radius 3 is 2.56 bits per heavy atom. The van der Waals surface area contributed by atoms with Gasteiger partial charge in [0.25, 0.3) is 9.04 Å². The molecule has 0 spiro atoms. The SMILES string of the molecule is C=Cc1cc(O)cc2nc(-c3ccc(C(C)(C)C)c(F)c3O[Si](C)C)oc12. The molecule has 0 atom stereocenters. The molecule has 6 heteroatoms. The lowest BCUT2D eigenvalue weighted by Gasteiger charge is -2.23. The van der Waals surface area contributed by atoms with Gasteiger partial charge in [-0.1, -0.05) is 39.5 Å². The van der Waals surface area contributed by atoms with Crippen molar-refractivity contribution in [2.24, 2.45) is 0 Å². The van der Waals surface area contributed by atoms with E-state index in [9.17, 15) is 5.11 Å². The summed E-state index contributed by atoms with van der Waals surface area (Å²) in [6.45, 7) is 13.5. The molecule has 0 amide bonds. The number of aromatic nitrogens is 1. The van der Waals surface area contributed by atoms with Crippen LogP contribution in [0.1, 0.15) is 31.9 Å². The molecule has 27 heavy (non-hydrogen) atoms. The molecule has 3 aromatic rings. The molecule has 0 bridgehead atoms. The van der Waals surface area contributed by atoms with E-state index in [1.807, 2.05) is 33.9 Å². The molecule has 4 nitrogen and oxygen atoms in total. The summed E-state index contributed by atoms with van der Waals surface area (Å²) in [6, 6.07) is 6.58. The number of nitrogens with zero attached hydrogens (tertiary/aromatic N) is 1. The summed E-state index contributed by atoms with van der Waals surface area (Å²) in [5.41, 5.74) is 2.25. The zero-order valence-electron chi connectivity index (χ0n) is 16.2. The van der Waals surface area contributed by atoms with Gasteiger partial charge in [0.15, 0.2) is 17.1 Å². The highest BCUT2D eigenvalue weighted by Crippen LogP contribution is 2.40. The van der Waals surface area contributed by atoms with E-state index < -0.39 is 9.04 Å². The van der Waals surface area contributed by atoms with Crippen LogP contribution in [0.5, 0.6) is 11.5 Å². The first kappa shape index (κ1) is 19.2. The molecule has 1 aromatic heterocycles. The standard InChI is InChI=1S/C21H23FNO3Si/c1-7-12-10-13(24)11-16-18(12)25-20(23-16)14-8-9-15(21(2,3)4)17(22)19(14)26-27(5)6/h7-11,24H,1H2,2-6H3. The van der Waals surface area contributed by atoms with Crippen molar-refractivity contribution in [2.75, 3.05) is 0 Å². The Morgan fingerprint density at radius 1 is 1.26 bits per heavy atom. The third-order valence-corrected chi connectivity index (χ3v) is 4.78. The van der Waals surface area contributed by atoms with Crippen LogP contribution in [0.2, 0.25) is 13.1 Å². The fourth-order valence-corrected chi connectivity index (χ4v) is 3.53. The van der Waals surface area contributed by atoms with Crippen molar-refractivity contribution in [1.29, 1.82) is 0 Å². The lowest BCUT2D eigenvalue weighted by molar-refractivity contribution is 0.471. The van der Waals surface area contributed by atoms with E-state index in [-0.39, 0.29) is 28.6 Å². The first-order valence-corrected chi connectivity index (χ1v) is 11.1. The van der Waals surface area contributed by atoms with Crippen LogP contribution in [0, 0.1) is 5.82 Å². The maximum Gasteiger partial charge on any atom is 0.274 e. The molecule has 1 N–H and O–H groups in total. The van der Waals surface area contributed by atoms with Gasteiger partial charge in [0.1, 0.15) is 11.3 Å². The maximum atomic E-state index is 15.3. The van der Waals surface area contributed by atoms with Crippen LogP contribution in [-0.4, -0.2) is 19.1 Å². The Labute approximate surface area is 160 Å². The van der Waals surface area contributed by atoms with E-state index in [0.29, 0.717) is 27.8 Å². The van der Waals surface area contributed by atoms with Gasteiger partial charge in [0.2, 0.25) is 5.89 Å². The van der Waals surface area contributed by atoms with Gasteiger partial charge in [-0.25, -0.2) is 9.37 Å². The van der Waals surface area contributed by atoms with E-state index in [1.54, 1.807) is 24.3 Å². The van der Waals surface area contributed by atoms with Crippen molar-refractivity contribution < 1.29 is 18.3 Å². The van der Waals surface area contributed by atoms with E-state index in [2.05, 4.69) is 11.6 Å². The third-order valence-electron chi connectivity index (χ3n) is 4.17. The third kappa shape index (κ3) is 3.62. The predicted molar refractivity (Wildman–Crippen MR) is 108 cm³/mol. The maximum absolute atomic E-state index is 15.3. The smallest absolute Gasteiger partial charge is 0.274 e. The molecule has 2 aromatic carbocycles. The highest BCUT2D eigenvalue weighted by Gasteiger charge is 2.26. The highest BCUT2D eigenvalue weighted by atomic mass is 28.3. The molecule has 1 radical (unpaired) electrons. The minimum absolute atomic E-state index is 0.0654. The fourth-order valence-electron chi connectivity index (χ4n) is 2.92. The zero-order chi connectivity index (χ0) is 19.9. The van der Waals surface area contributed by atoms with Crippen LogP contribution in [0.4, 0.5) is 4.39 Å². The first-order chi connectivity index (χ1) is 12.6. The van der Waals surface area contributed by atoms with Crippen LogP contribution < -0.4 is 4.43 Å². The van der Waals surface area contributed by atoms with Gasteiger partial charge in [-0.3, -0.25) is 0 Å². The predicted octanol–water partition coefficient (Wildman–Crippen LogP) is 5.91. The van der Waals surface area contributed by atoms with Crippen molar-refractivity contribution in [1.82, 2.24) is 4.98 Å². The molecule has 1 heterocycles. The summed E-state index contributed by atoms with van der Waals surface area (Å²) < 4.78 is 27.1. The number of aromatic hydroxyl groups is 1. The Morgan fingerprint density at radius 2 is 1.96 bits per heavy atom. The van der Waals surface area contributed by atoms with Gasteiger partial charge in [0, 0.05) is 11.6 Å². The van der Waals surface area contributed by atoms with E-state index in [0.717, 1.165) is 0 Å². The minimum atomic E-state index is -1.21. The normalized spacial score (nSPS) is 12.0. The van der Waals surface area contributed by atoms with Crippen molar-refractivity contribution in [3.63, 3.8) is 0 Å². The second-order valence-electron chi connectivity index (χ2n) is 7.67. The Bertz CT molecular complexity index is 1020. The van der Waals surface area contributed by atoms with E-state index in [1.165, 1.54) is 6.07 Å². The second kappa shape index (κ2) is 6.85. The van der Waals surface area contributed by atoms with Crippen LogP contribution in [0.3, 0.4) is 0 Å². The summed E-state index contributed by atoms with van der Waals surface area (Å²) in [5, 5.41) is 9.86. The van der Waals surface area contributed by atoms with Gasteiger partial charge < -0.3 is 13.9 Å². The Balaban J connectivity index is 2.26. The average molecular weight is 385 g/mol. The van der Waals surface area contributed by atoms with Crippen molar-refractivity contribution in [3.05, 3.63) is 47.8 Å². The van der Waals surface area contributed by atoms with Crippen molar-refractivity contribution in [3.8, 4) is 23.0 Å². The zero-order valence-corrected chi connectivity index (χ0v) is 17.2. The van der Waals surface area contributed by atoms with Crippen LogP contribution in [-0.2, 0) is 5.41 Å². The highest BCUT2D eigenvalue weighted by molar-refractivity contribution is 6.49. The van der Waals surface area contributed by atoms with E-state index >= 15 is 4.39 Å². The number of rotatable bonds is 4. The molecular formula is C21H23FNO3Si. The van der Waals surface area contributed by atoms with Gasteiger partial charge in [-0.15, -0.1) is 0 Å². The van der Waals surface area contributed by atoms with Gasteiger partial charge in [0.05, 0.1) is 5.56 Å².